The molecule has 1 aromatic carbocycles. The Kier molecular flexibility index (Phi) is 5.08. The first-order chi connectivity index (χ1) is 8.17. The second kappa shape index (κ2) is 6.59. The lowest BCUT2D eigenvalue weighted by molar-refractivity contribution is 0.244. The molecule has 0 saturated heterocycles. The standard InChI is InChI=1S/C15H18O2/c1-4-6-14-11-13(9-10-15(14)16)8-7-12(3)17-5-2/h4,7-11,16H,1,3,5-6H2,2H3/b8-7+. The summed E-state index contributed by atoms with van der Waals surface area (Å²) < 4.78 is 5.22. The van der Waals surface area contributed by atoms with E-state index in [9.17, 15) is 5.11 Å². The van der Waals surface area contributed by atoms with E-state index in [1.54, 1.807) is 12.1 Å². The van der Waals surface area contributed by atoms with Gasteiger partial charge >= 0.3 is 0 Å². The summed E-state index contributed by atoms with van der Waals surface area (Å²) in [5.41, 5.74) is 1.87. The maximum Gasteiger partial charge on any atom is 0.119 e. The zero-order valence-corrected chi connectivity index (χ0v) is 10.1. The van der Waals surface area contributed by atoms with E-state index in [4.69, 9.17) is 4.74 Å². The largest absolute Gasteiger partial charge is 0.508 e. The van der Waals surface area contributed by atoms with Crippen molar-refractivity contribution in [1.82, 2.24) is 0 Å². The third kappa shape index (κ3) is 4.19. The van der Waals surface area contributed by atoms with E-state index in [1.165, 1.54) is 0 Å². The topological polar surface area (TPSA) is 29.5 Å². The highest BCUT2D eigenvalue weighted by atomic mass is 16.5. The number of phenols is 1. The van der Waals surface area contributed by atoms with Crippen LogP contribution in [-0.4, -0.2) is 11.7 Å². The molecule has 0 spiro atoms. The lowest BCUT2D eigenvalue weighted by Crippen LogP contribution is -1.86. The van der Waals surface area contributed by atoms with Crippen LogP contribution in [0.15, 0.2) is 49.3 Å². The summed E-state index contributed by atoms with van der Waals surface area (Å²) in [7, 11) is 0. The lowest BCUT2D eigenvalue weighted by Gasteiger charge is -2.04. The van der Waals surface area contributed by atoms with Gasteiger partial charge in [-0.2, -0.15) is 0 Å². The molecule has 1 rings (SSSR count). The van der Waals surface area contributed by atoms with Gasteiger partial charge in [-0.25, -0.2) is 0 Å². The molecule has 0 radical (unpaired) electrons. The van der Waals surface area contributed by atoms with E-state index in [-0.39, 0.29) is 0 Å². The van der Waals surface area contributed by atoms with Gasteiger partial charge in [-0.3, -0.25) is 0 Å². The molecule has 0 saturated carbocycles. The Balaban J connectivity index is 2.81. The summed E-state index contributed by atoms with van der Waals surface area (Å²) >= 11 is 0. The molecule has 2 nitrogen and oxygen atoms in total. The number of ether oxygens (including phenoxy) is 1. The van der Waals surface area contributed by atoms with Gasteiger partial charge in [0.25, 0.3) is 0 Å². The third-order valence-corrected chi connectivity index (χ3v) is 2.26. The van der Waals surface area contributed by atoms with Crippen molar-refractivity contribution < 1.29 is 9.84 Å². The Morgan fingerprint density at radius 3 is 2.88 bits per heavy atom. The summed E-state index contributed by atoms with van der Waals surface area (Å²) in [5, 5.41) is 9.61. The highest BCUT2D eigenvalue weighted by Gasteiger charge is 1.99. The molecule has 2 heteroatoms. The van der Waals surface area contributed by atoms with Gasteiger partial charge in [-0.15, -0.1) is 6.58 Å². The van der Waals surface area contributed by atoms with E-state index in [0.717, 1.165) is 11.1 Å². The molecular weight excluding hydrogens is 212 g/mol. The van der Waals surface area contributed by atoms with Crippen molar-refractivity contribution in [2.75, 3.05) is 6.61 Å². The van der Waals surface area contributed by atoms with Crippen LogP contribution in [0.25, 0.3) is 6.08 Å². The fourth-order valence-corrected chi connectivity index (χ4v) is 1.45. The summed E-state index contributed by atoms with van der Waals surface area (Å²) in [6, 6.07) is 5.45. The molecule has 0 atom stereocenters. The van der Waals surface area contributed by atoms with Crippen molar-refractivity contribution >= 4 is 6.08 Å². The first kappa shape index (κ1) is 13.1. The number of hydrogen-bond acceptors (Lipinski definition) is 2. The maximum atomic E-state index is 9.61. The molecule has 0 bridgehead atoms. The van der Waals surface area contributed by atoms with E-state index in [0.29, 0.717) is 24.5 Å². The first-order valence-electron chi connectivity index (χ1n) is 5.60. The zero-order chi connectivity index (χ0) is 12.7. The third-order valence-electron chi connectivity index (χ3n) is 2.26. The van der Waals surface area contributed by atoms with Gasteiger partial charge < -0.3 is 9.84 Å². The minimum atomic E-state index is 0.297. The van der Waals surface area contributed by atoms with Gasteiger partial charge in [0.05, 0.1) is 6.61 Å². The number of aromatic hydroxyl groups is 1. The van der Waals surface area contributed by atoms with Crippen molar-refractivity contribution in [3.05, 3.63) is 60.4 Å². The van der Waals surface area contributed by atoms with Crippen LogP contribution in [0.3, 0.4) is 0 Å². The summed E-state index contributed by atoms with van der Waals surface area (Å²) in [4.78, 5) is 0. The molecule has 0 aliphatic carbocycles. The van der Waals surface area contributed by atoms with Crippen molar-refractivity contribution in [3.63, 3.8) is 0 Å². The molecule has 0 amide bonds. The average Bonchev–Trinajstić information content (AvgIpc) is 2.31. The zero-order valence-electron chi connectivity index (χ0n) is 10.1. The molecule has 0 unspecified atom stereocenters. The Morgan fingerprint density at radius 2 is 2.24 bits per heavy atom. The summed E-state index contributed by atoms with van der Waals surface area (Å²) in [6.45, 7) is 9.95. The number of rotatable bonds is 6. The monoisotopic (exact) mass is 230 g/mol. The molecule has 0 aromatic heterocycles. The SMILES string of the molecule is C=CCc1cc(/C=C/C(=C)OCC)ccc1O. The number of hydrogen-bond donors (Lipinski definition) is 1. The van der Waals surface area contributed by atoms with Crippen LogP contribution in [0.5, 0.6) is 5.75 Å². The van der Waals surface area contributed by atoms with Gasteiger partial charge in [0.2, 0.25) is 0 Å². The van der Waals surface area contributed by atoms with Crippen LogP contribution in [-0.2, 0) is 11.2 Å². The lowest BCUT2D eigenvalue weighted by atomic mass is 10.1. The van der Waals surface area contributed by atoms with Gasteiger partial charge in [-0.05, 0) is 42.7 Å². The summed E-state index contributed by atoms with van der Waals surface area (Å²) in [6.07, 6.45) is 6.14. The van der Waals surface area contributed by atoms with Crippen LogP contribution in [0, 0.1) is 0 Å². The predicted octanol–water partition coefficient (Wildman–Crippen LogP) is 3.68. The molecule has 0 aliphatic heterocycles. The van der Waals surface area contributed by atoms with E-state index >= 15 is 0 Å². The Bertz CT molecular complexity index is 431. The van der Waals surface area contributed by atoms with Crippen LogP contribution in [0.2, 0.25) is 0 Å². The van der Waals surface area contributed by atoms with Crippen LogP contribution < -0.4 is 0 Å². The van der Waals surface area contributed by atoms with E-state index < -0.39 is 0 Å². The molecular formula is C15H18O2. The van der Waals surface area contributed by atoms with Crippen LogP contribution in [0.4, 0.5) is 0 Å². The van der Waals surface area contributed by atoms with Crippen molar-refractivity contribution in [2.24, 2.45) is 0 Å². The molecule has 17 heavy (non-hydrogen) atoms. The smallest absolute Gasteiger partial charge is 0.119 e. The molecule has 0 heterocycles. The highest BCUT2D eigenvalue weighted by molar-refractivity contribution is 5.55. The van der Waals surface area contributed by atoms with Crippen molar-refractivity contribution in [3.8, 4) is 5.75 Å². The predicted molar refractivity (Wildman–Crippen MR) is 71.8 cm³/mol. The maximum absolute atomic E-state index is 9.61. The number of phenolic OH excluding ortho intramolecular Hbond substituents is 1. The fourth-order valence-electron chi connectivity index (χ4n) is 1.45. The summed E-state index contributed by atoms with van der Waals surface area (Å²) in [5.74, 6) is 0.927. The van der Waals surface area contributed by atoms with Gasteiger partial charge in [-0.1, -0.05) is 24.8 Å². The molecule has 0 aliphatic rings. The minimum Gasteiger partial charge on any atom is -0.508 e. The van der Waals surface area contributed by atoms with Gasteiger partial charge in [0.1, 0.15) is 11.5 Å². The molecule has 0 fully saturated rings. The Morgan fingerprint density at radius 1 is 1.47 bits per heavy atom. The second-order valence-electron chi connectivity index (χ2n) is 3.61. The fraction of sp³-hybridized carbons (Fsp3) is 0.200. The van der Waals surface area contributed by atoms with Crippen LogP contribution in [0.1, 0.15) is 18.1 Å². The molecule has 1 N–H and O–H groups in total. The number of benzene rings is 1. The minimum absolute atomic E-state index is 0.297. The average molecular weight is 230 g/mol. The number of allylic oxidation sites excluding steroid dienone is 2. The van der Waals surface area contributed by atoms with Crippen LogP contribution >= 0.6 is 0 Å². The first-order valence-corrected chi connectivity index (χ1v) is 5.60. The molecule has 90 valence electrons. The Labute approximate surface area is 103 Å². The van der Waals surface area contributed by atoms with E-state index in [1.807, 2.05) is 31.2 Å². The van der Waals surface area contributed by atoms with Gasteiger partial charge in [0.15, 0.2) is 0 Å². The second-order valence-corrected chi connectivity index (χ2v) is 3.61. The normalized spacial score (nSPS) is 10.4. The van der Waals surface area contributed by atoms with Crippen molar-refractivity contribution in [2.45, 2.75) is 13.3 Å². The van der Waals surface area contributed by atoms with E-state index in [2.05, 4.69) is 13.2 Å². The quantitative estimate of drug-likeness (QED) is 0.459. The highest BCUT2D eigenvalue weighted by Crippen LogP contribution is 2.20. The van der Waals surface area contributed by atoms with Gasteiger partial charge in [0, 0.05) is 0 Å². The molecule has 1 aromatic rings. The Hall–Kier alpha value is -1.96. The van der Waals surface area contributed by atoms with Crippen molar-refractivity contribution in [1.29, 1.82) is 0 Å².